The molecule has 0 N–H and O–H groups in total. The van der Waals surface area contributed by atoms with Crippen molar-refractivity contribution in [3.63, 3.8) is 0 Å². The van der Waals surface area contributed by atoms with Crippen LogP contribution in [0, 0.1) is 12.8 Å². The summed E-state index contributed by atoms with van der Waals surface area (Å²) < 4.78 is 11.5. The topological polar surface area (TPSA) is 59.5 Å². The number of hydrogen-bond acceptors (Lipinski definition) is 5. The first kappa shape index (κ1) is 16.1. The Morgan fingerprint density at radius 1 is 1.32 bits per heavy atom. The Balaban J connectivity index is 1.43. The first-order valence-electron chi connectivity index (χ1n) is 8.37. The van der Waals surface area contributed by atoms with Gasteiger partial charge in [-0.3, -0.25) is 4.79 Å². The van der Waals surface area contributed by atoms with Gasteiger partial charge >= 0.3 is 0 Å². The second kappa shape index (κ2) is 6.19. The lowest BCUT2D eigenvalue weighted by Crippen LogP contribution is -2.26. The van der Waals surface area contributed by atoms with Crippen molar-refractivity contribution < 1.29 is 13.6 Å². The van der Waals surface area contributed by atoms with E-state index in [9.17, 15) is 4.79 Å². The smallest absolute Gasteiger partial charge is 0.273 e. The molecule has 6 heteroatoms. The number of furan rings is 2. The highest BCUT2D eigenvalue weighted by molar-refractivity contribution is 7.13. The van der Waals surface area contributed by atoms with E-state index in [0.29, 0.717) is 34.8 Å². The van der Waals surface area contributed by atoms with Gasteiger partial charge in [-0.2, -0.15) is 0 Å². The highest BCUT2D eigenvalue weighted by Crippen LogP contribution is 2.47. The zero-order valence-corrected chi connectivity index (χ0v) is 15.3. The van der Waals surface area contributed by atoms with Crippen LogP contribution < -0.4 is 0 Å². The third-order valence-electron chi connectivity index (χ3n) is 4.57. The standard InChI is InChI=1S/C19H20N2O3S/c1-11-8-14(11)16-7-5-13(24-16)9-21(3)19(22)15-10-25-18(20-15)17-6-4-12(2)23-17/h4-7,10-11,14H,8-9H2,1-3H3/t11-,14+/m1/s1. The number of rotatable bonds is 5. The van der Waals surface area contributed by atoms with E-state index in [1.54, 1.807) is 17.3 Å². The van der Waals surface area contributed by atoms with Crippen molar-refractivity contribution in [1.29, 1.82) is 0 Å². The Labute approximate surface area is 150 Å². The lowest BCUT2D eigenvalue weighted by Gasteiger charge is -2.14. The number of nitrogens with zero attached hydrogens (tertiary/aromatic N) is 2. The van der Waals surface area contributed by atoms with E-state index in [1.165, 1.54) is 17.8 Å². The van der Waals surface area contributed by atoms with Gasteiger partial charge in [-0.15, -0.1) is 11.3 Å². The van der Waals surface area contributed by atoms with Crippen LogP contribution in [0.2, 0.25) is 0 Å². The van der Waals surface area contributed by atoms with E-state index in [0.717, 1.165) is 17.3 Å². The van der Waals surface area contributed by atoms with E-state index in [4.69, 9.17) is 8.83 Å². The SMILES string of the molecule is Cc1ccc(-c2nc(C(=O)N(C)Cc3ccc([C@H]4C[C@H]4C)o3)cs2)o1. The summed E-state index contributed by atoms with van der Waals surface area (Å²) in [6, 6.07) is 7.75. The number of amides is 1. The van der Waals surface area contributed by atoms with Crippen LogP contribution in [0.1, 0.15) is 47.0 Å². The molecule has 2 atom stereocenters. The van der Waals surface area contributed by atoms with E-state index in [-0.39, 0.29) is 5.91 Å². The molecule has 0 bridgehead atoms. The van der Waals surface area contributed by atoms with Gasteiger partial charge in [0.05, 0.1) is 6.54 Å². The first-order chi connectivity index (χ1) is 12.0. The molecule has 1 saturated carbocycles. The minimum Gasteiger partial charge on any atom is -0.464 e. The summed E-state index contributed by atoms with van der Waals surface area (Å²) in [5.41, 5.74) is 0.430. The maximum Gasteiger partial charge on any atom is 0.273 e. The molecule has 1 amide bonds. The highest BCUT2D eigenvalue weighted by Gasteiger charge is 2.36. The Morgan fingerprint density at radius 3 is 2.80 bits per heavy atom. The van der Waals surface area contributed by atoms with Crippen molar-refractivity contribution in [1.82, 2.24) is 9.88 Å². The van der Waals surface area contributed by atoms with Crippen molar-refractivity contribution in [2.75, 3.05) is 7.05 Å². The maximum absolute atomic E-state index is 12.6. The lowest BCUT2D eigenvalue weighted by atomic mass is 10.3. The fourth-order valence-electron chi connectivity index (χ4n) is 2.93. The maximum atomic E-state index is 12.6. The van der Waals surface area contributed by atoms with Gasteiger partial charge < -0.3 is 13.7 Å². The number of aromatic nitrogens is 1. The molecular weight excluding hydrogens is 336 g/mol. The van der Waals surface area contributed by atoms with Crippen LogP contribution in [0.25, 0.3) is 10.8 Å². The van der Waals surface area contributed by atoms with Crippen LogP contribution in [0.5, 0.6) is 0 Å². The average molecular weight is 356 g/mol. The number of aryl methyl sites for hydroxylation is 1. The second-order valence-electron chi connectivity index (χ2n) is 6.73. The molecule has 0 aromatic carbocycles. The summed E-state index contributed by atoms with van der Waals surface area (Å²) in [7, 11) is 1.76. The van der Waals surface area contributed by atoms with Crippen molar-refractivity contribution >= 4 is 17.2 Å². The molecule has 5 nitrogen and oxygen atoms in total. The Morgan fingerprint density at radius 2 is 2.12 bits per heavy atom. The Kier molecular flexibility index (Phi) is 4.00. The van der Waals surface area contributed by atoms with Crippen LogP contribution >= 0.6 is 11.3 Å². The molecule has 1 fully saturated rings. The molecule has 25 heavy (non-hydrogen) atoms. The number of carbonyl (C=O) groups is 1. The molecule has 130 valence electrons. The monoisotopic (exact) mass is 356 g/mol. The molecule has 1 aliphatic rings. The molecule has 4 rings (SSSR count). The molecule has 1 aliphatic carbocycles. The zero-order valence-electron chi connectivity index (χ0n) is 14.5. The van der Waals surface area contributed by atoms with Gasteiger partial charge in [-0.1, -0.05) is 6.92 Å². The normalized spacial score (nSPS) is 19.2. The van der Waals surface area contributed by atoms with Crippen LogP contribution in [0.3, 0.4) is 0 Å². The molecule has 3 heterocycles. The minimum absolute atomic E-state index is 0.122. The van der Waals surface area contributed by atoms with Gasteiger partial charge in [0.2, 0.25) is 0 Å². The summed E-state index contributed by atoms with van der Waals surface area (Å²) in [6.45, 7) is 4.55. The van der Waals surface area contributed by atoms with Gasteiger partial charge in [0.1, 0.15) is 23.0 Å². The van der Waals surface area contributed by atoms with Crippen LogP contribution in [0.4, 0.5) is 0 Å². The largest absolute Gasteiger partial charge is 0.464 e. The van der Waals surface area contributed by atoms with E-state index >= 15 is 0 Å². The summed E-state index contributed by atoms with van der Waals surface area (Å²) in [5.74, 6) is 4.50. The number of thiazole rings is 1. The van der Waals surface area contributed by atoms with Crippen LogP contribution in [-0.2, 0) is 6.54 Å². The van der Waals surface area contributed by atoms with Crippen molar-refractivity contribution in [2.24, 2.45) is 5.92 Å². The lowest BCUT2D eigenvalue weighted by molar-refractivity contribution is 0.0770. The predicted octanol–water partition coefficient (Wildman–Crippen LogP) is 4.70. The number of carbonyl (C=O) groups excluding carboxylic acids is 1. The highest BCUT2D eigenvalue weighted by atomic mass is 32.1. The van der Waals surface area contributed by atoms with Crippen molar-refractivity contribution in [3.05, 3.63) is 52.6 Å². The quantitative estimate of drug-likeness (QED) is 0.665. The molecule has 0 aliphatic heterocycles. The summed E-state index contributed by atoms with van der Waals surface area (Å²) in [5, 5.41) is 2.48. The molecule has 0 radical (unpaired) electrons. The minimum atomic E-state index is -0.122. The van der Waals surface area contributed by atoms with Gasteiger partial charge in [0, 0.05) is 18.3 Å². The molecule has 3 aromatic rings. The summed E-state index contributed by atoms with van der Waals surface area (Å²) >= 11 is 1.41. The summed E-state index contributed by atoms with van der Waals surface area (Å²) in [4.78, 5) is 18.6. The van der Waals surface area contributed by atoms with E-state index in [1.807, 2.05) is 31.2 Å². The van der Waals surface area contributed by atoms with Crippen molar-refractivity contribution in [2.45, 2.75) is 32.7 Å². The number of hydrogen-bond donors (Lipinski definition) is 0. The van der Waals surface area contributed by atoms with Crippen LogP contribution in [0.15, 0.2) is 38.5 Å². The van der Waals surface area contributed by atoms with E-state index < -0.39 is 0 Å². The third-order valence-corrected chi connectivity index (χ3v) is 5.43. The first-order valence-corrected chi connectivity index (χ1v) is 9.25. The molecule has 0 unspecified atom stereocenters. The van der Waals surface area contributed by atoms with Crippen LogP contribution in [-0.4, -0.2) is 22.8 Å². The van der Waals surface area contributed by atoms with Gasteiger partial charge in [0.25, 0.3) is 5.91 Å². The zero-order chi connectivity index (χ0) is 17.6. The molecule has 3 aromatic heterocycles. The third kappa shape index (κ3) is 3.26. The fourth-order valence-corrected chi connectivity index (χ4v) is 3.69. The van der Waals surface area contributed by atoms with Gasteiger partial charge in [0.15, 0.2) is 10.8 Å². The fraction of sp³-hybridized carbons (Fsp3) is 0.368. The Hall–Kier alpha value is -2.34. The molecule has 0 saturated heterocycles. The molecule has 0 spiro atoms. The van der Waals surface area contributed by atoms with E-state index in [2.05, 4.69) is 11.9 Å². The predicted molar refractivity (Wildman–Crippen MR) is 95.6 cm³/mol. The average Bonchev–Trinajstić information content (AvgIpc) is 3.04. The van der Waals surface area contributed by atoms with Gasteiger partial charge in [-0.05, 0) is 43.5 Å². The summed E-state index contributed by atoms with van der Waals surface area (Å²) in [6.07, 6.45) is 1.19. The molecular formula is C19H20N2O3S. The second-order valence-corrected chi connectivity index (χ2v) is 7.59. The van der Waals surface area contributed by atoms with Gasteiger partial charge in [-0.25, -0.2) is 4.98 Å². The van der Waals surface area contributed by atoms with Crippen molar-refractivity contribution in [3.8, 4) is 10.8 Å². The Bertz CT molecular complexity index is 907.